The number of hydrogen-bond donors (Lipinski definition) is 3. The first-order valence-electron chi connectivity index (χ1n) is 12.6. The third-order valence-corrected chi connectivity index (χ3v) is 7.49. The molecule has 1 aliphatic carbocycles. The second-order valence-electron chi connectivity index (χ2n) is 9.62. The number of fused-ring (bicyclic) bond motifs is 1. The summed E-state index contributed by atoms with van der Waals surface area (Å²) in [5.41, 5.74) is 1.45. The highest BCUT2D eigenvalue weighted by Crippen LogP contribution is 2.50. The van der Waals surface area contributed by atoms with Crippen molar-refractivity contribution in [2.24, 2.45) is 0 Å². The number of anilines is 1. The zero-order valence-electron chi connectivity index (χ0n) is 22.3. The van der Waals surface area contributed by atoms with Crippen LogP contribution in [0.2, 0.25) is 0 Å². The number of amides is 2. The fourth-order valence-corrected chi connectivity index (χ4v) is 5.56. The van der Waals surface area contributed by atoms with Crippen molar-refractivity contribution in [3.05, 3.63) is 53.6 Å². The van der Waals surface area contributed by atoms with E-state index in [0.29, 0.717) is 5.75 Å². The van der Waals surface area contributed by atoms with Crippen LogP contribution in [-0.4, -0.2) is 67.6 Å². The van der Waals surface area contributed by atoms with Gasteiger partial charge in [0.25, 0.3) is 0 Å². The van der Waals surface area contributed by atoms with Crippen molar-refractivity contribution in [1.29, 1.82) is 0 Å². The molecule has 3 unspecified atom stereocenters. The van der Waals surface area contributed by atoms with Gasteiger partial charge in [-0.05, 0) is 68.6 Å². The van der Waals surface area contributed by atoms with E-state index >= 15 is 0 Å². The van der Waals surface area contributed by atoms with Gasteiger partial charge in [0.05, 0.1) is 14.2 Å². The number of carboxylic acids is 1. The lowest BCUT2D eigenvalue weighted by Crippen LogP contribution is -2.53. The minimum Gasteiger partial charge on any atom is -0.493 e. The number of nitrogens with zero attached hydrogens (tertiary/aromatic N) is 1. The van der Waals surface area contributed by atoms with Crippen molar-refractivity contribution in [2.75, 3.05) is 32.6 Å². The Kier molecular flexibility index (Phi) is 9.82. The number of nitrogens with one attached hydrogen (secondary N) is 2. The number of likely N-dealkylation sites (N-methyl/N-ethyl adjacent to an activating group) is 1. The maximum absolute atomic E-state index is 13.5. The first-order chi connectivity index (χ1) is 18.8. The van der Waals surface area contributed by atoms with Crippen LogP contribution in [0.5, 0.6) is 11.5 Å². The van der Waals surface area contributed by atoms with Gasteiger partial charge in [0, 0.05) is 29.3 Å². The Bertz CT molecular complexity index is 1210. The molecule has 2 aromatic rings. The van der Waals surface area contributed by atoms with Crippen LogP contribution in [0.4, 0.5) is 32.4 Å². The number of benzene rings is 2. The number of halogens is 5. The highest BCUT2D eigenvalue weighted by atomic mass is 19.4. The molecule has 0 spiro atoms. The highest BCUT2D eigenvalue weighted by molar-refractivity contribution is 5.89. The van der Waals surface area contributed by atoms with Crippen LogP contribution < -0.4 is 20.1 Å². The number of alkyl halides is 3. The maximum Gasteiger partial charge on any atom is 0.490 e. The lowest BCUT2D eigenvalue weighted by molar-refractivity contribution is -0.192. The van der Waals surface area contributed by atoms with Crippen molar-refractivity contribution in [1.82, 2.24) is 10.2 Å². The number of carbonyl (C=O) groups is 2. The smallest absolute Gasteiger partial charge is 0.490 e. The van der Waals surface area contributed by atoms with E-state index in [0.717, 1.165) is 56.7 Å². The second kappa shape index (κ2) is 12.7. The molecule has 2 amide bonds. The summed E-state index contributed by atoms with van der Waals surface area (Å²) in [6.45, 7) is 4.11. The first kappa shape index (κ1) is 30.9. The van der Waals surface area contributed by atoms with Gasteiger partial charge < -0.3 is 25.2 Å². The summed E-state index contributed by atoms with van der Waals surface area (Å²) in [5, 5.41) is 12.8. The van der Waals surface area contributed by atoms with E-state index in [1.165, 1.54) is 11.6 Å². The van der Waals surface area contributed by atoms with Gasteiger partial charge in [0.15, 0.2) is 23.1 Å². The standard InChI is InChI=1S/C25H31F2N3O3.C2HF3O2/c1-4-30-12-11-25(16-5-8-21(32-2)22(13-16)33-3)10-9-18(15-23(25)30)29-24(31)28-17-6-7-19(26)20(27)14-17;3-2(4,5)1(6)7/h5-8,13-14,18,23H,4,9-12,15H2,1-3H3,(H2,28,29,31);(H,6,7). The molecule has 2 aromatic carbocycles. The molecule has 1 aliphatic heterocycles. The molecule has 4 rings (SSSR count). The third-order valence-electron chi connectivity index (χ3n) is 7.49. The summed E-state index contributed by atoms with van der Waals surface area (Å²) < 4.78 is 69.3. The van der Waals surface area contributed by atoms with Crippen LogP contribution in [-0.2, 0) is 10.2 Å². The van der Waals surface area contributed by atoms with Crippen molar-refractivity contribution >= 4 is 17.7 Å². The van der Waals surface area contributed by atoms with Gasteiger partial charge in [-0.3, -0.25) is 4.90 Å². The highest BCUT2D eigenvalue weighted by Gasteiger charge is 2.51. The summed E-state index contributed by atoms with van der Waals surface area (Å²) in [4.78, 5) is 23.9. The molecule has 40 heavy (non-hydrogen) atoms. The number of urea groups is 1. The van der Waals surface area contributed by atoms with Crippen LogP contribution in [0.25, 0.3) is 0 Å². The Hall–Kier alpha value is -3.61. The van der Waals surface area contributed by atoms with Gasteiger partial charge in [-0.2, -0.15) is 13.2 Å². The number of rotatable bonds is 6. The first-order valence-corrected chi connectivity index (χ1v) is 12.6. The molecular formula is C27H32F5N3O5. The molecule has 1 heterocycles. The third kappa shape index (κ3) is 6.93. The zero-order valence-corrected chi connectivity index (χ0v) is 22.3. The van der Waals surface area contributed by atoms with Crippen LogP contribution in [0, 0.1) is 11.6 Å². The minimum atomic E-state index is -5.08. The van der Waals surface area contributed by atoms with Crippen molar-refractivity contribution in [3.63, 3.8) is 0 Å². The molecule has 0 aromatic heterocycles. The normalized spacial score (nSPS) is 22.4. The fourth-order valence-electron chi connectivity index (χ4n) is 5.56. The Balaban J connectivity index is 0.000000559. The molecule has 13 heteroatoms. The van der Waals surface area contributed by atoms with Gasteiger partial charge >= 0.3 is 18.2 Å². The quantitative estimate of drug-likeness (QED) is 0.405. The monoisotopic (exact) mass is 573 g/mol. The molecule has 2 fully saturated rings. The molecule has 1 saturated heterocycles. The number of ether oxygens (including phenoxy) is 2. The molecule has 2 aliphatic rings. The van der Waals surface area contributed by atoms with Gasteiger partial charge in [0.2, 0.25) is 0 Å². The van der Waals surface area contributed by atoms with Crippen molar-refractivity contribution < 1.29 is 46.1 Å². The Labute approximate surface area is 228 Å². The average Bonchev–Trinajstić information content (AvgIpc) is 3.29. The zero-order chi connectivity index (χ0) is 29.7. The van der Waals surface area contributed by atoms with Gasteiger partial charge in [0.1, 0.15) is 0 Å². The summed E-state index contributed by atoms with van der Waals surface area (Å²) in [6, 6.07) is 9.37. The van der Waals surface area contributed by atoms with E-state index in [9.17, 15) is 26.7 Å². The maximum atomic E-state index is 13.5. The Morgan fingerprint density at radius 1 is 1.05 bits per heavy atom. The predicted octanol–water partition coefficient (Wildman–Crippen LogP) is 5.32. The molecule has 8 nitrogen and oxygen atoms in total. The average molecular weight is 574 g/mol. The van der Waals surface area contributed by atoms with Crippen LogP contribution >= 0.6 is 0 Å². The van der Waals surface area contributed by atoms with E-state index in [4.69, 9.17) is 19.4 Å². The molecule has 0 bridgehead atoms. The second-order valence-corrected chi connectivity index (χ2v) is 9.62. The summed E-state index contributed by atoms with van der Waals surface area (Å²) >= 11 is 0. The number of carbonyl (C=O) groups excluding carboxylic acids is 1. The molecule has 3 atom stereocenters. The number of methoxy groups -OCH3 is 2. The minimum absolute atomic E-state index is 0.00962. The summed E-state index contributed by atoms with van der Waals surface area (Å²) in [5.74, 6) is -3.25. The summed E-state index contributed by atoms with van der Waals surface area (Å²) in [6.07, 6.45) is -1.46. The van der Waals surface area contributed by atoms with Crippen LogP contribution in [0.15, 0.2) is 36.4 Å². The Morgan fingerprint density at radius 2 is 1.73 bits per heavy atom. The van der Waals surface area contributed by atoms with Gasteiger partial charge in [-0.25, -0.2) is 18.4 Å². The SMILES string of the molecule is CCN1CCC2(c3ccc(OC)c(OC)c3)CCC(NC(=O)Nc3ccc(F)c(F)c3)CC12.O=C(O)C(F)(F)F. The number of carboxylic acid groups (broad SMARTS) is 1. The van der Waals surface area contributed by atoms with Gasteiger partial charge in [-0.1, -0.05) is 13.0 Å². The van der Waals surface area contributed by atoms with Crippen molar-refractivity contribution in [3.8, 4) is 11.5 Å². The number of aliphatic carboxylic acids is 1. The molecule has 0 radical (unpaired) electrons. The predicted molar refractivity (Wildman–Crippen MR) is 137 cm³/mol. The molecular weight excluding hydrogens is 541 g/mol. The lowest BCUT2D eigenvalue weighted by atomic mass is 9.65. The molecule has 3 N–H and O–H groups in total. The lowest BCUT2D eigenvalue weighted by Gasteiger charge is -2.45. The van der Waals surface area contributed by atoms with Crippen LogP contribution in [0.1, 0.15) is 38.2 Å². The van der Waals surface area contributed by atoms with Crippen LogP contribution in [0.3, 0.4) is 0 Å². The van der Waals surface area contributed by atoms with E-state index < -0.39 is 29.8 Å². The molecule has 220 valence electrons. The van der Waals surface area contributed by atoms with Gasteiger partial charge in [-0.15, -0.1) is 0 Å². The number of hydrogen-bond acceptors (Lipinski definition) is 5. The molecule has 1 saturated carbocycles. The summed E-state index contributed by atoms with van der Waals surface area (Å²) in [7, 11) is 3.28. The Morgan fingerprint density at radius 3 is 2.30 bits per heavy atom. The fraction of sp³-hybridized carbons (Fsp3) is 0.481. The van der Waals surface area contributed by atoms with E-state index in [-0.39, 0.29) is 23.2 Å². The van der Waals surface area contributed by atoms with E-state index in [1.54, 1.807) is 14.2 Å². The van der Waals surface area contributed by atoms with Crippen molar-refractivity contribution in [2.45, 2.75) is 56.3 Å². The topological polar surface area (TPSA) is 100 Å². The largest absolute Gasteiger partial charge is 0.493 e. The van der Waals surface area contributed by atoms with E-state index in [2.05, 4.69) is 34.6 Å². The van der Waals surface area contributed by atoms with E-state index in [1.807, 2.05) is 6.07 Å². The number of likely N-dealkylation sites (tertiary alicyclic amines) is 1.